The van der Waals surface area contributed by atoms with Crippen LogP contribution in [0, 0.1) is 18.8 Å². The van der Waals surface area contributed by atoms with Crippen molar-refractivity contribution in [3.05, 3.63) is 93.5 Å². The predicted molar refractivity (Wildman–Crippen MR) is 152 cm³/mol. The molecule has 0 radical (unpaired) electrons. The molecule has 1 aromatic heterocycles. The molecule has 0 aliphatic rings. The molecule has 202 valence electrons. The summed E-state index contributed by atoms with van der Waals surface area (Å²) in [5.74, 6) is 6.19. The van der Waals surface area contributed by atoms with Crippen molar-refractivity contribution in [2.45, 2.75) is 59.7 Å². The van der Waals surface area contributed by atoms with Gasteiger partial charge in [0.1, 0.15) is 17.0 Å². The fourth-order valence-corrected chi connectivity index (χ4v) is 3.36. The standard InChI is InChI=1S/C31H33N3O5/c1-21-32-26(34(28(36)38-30(2,3)4)29(37)39-31(5,6)7)25(27(35)33-21)20-24(23-16-12-9-13-17-23)19-18-22-14-10-8-11-15-22/h8-17,20H,1-7H3,(H,32,33,35)/b24-20+. The van der Waals surface area contributed by atoms with Crippen LogP contribution >= 0.6 is 0 Å². The van der Waals surface area contributed by atoms with Gasteiger partial charge < -0.3 is 14.5 Å². The highest BCUT2D eigenvalue weighted by Crippen LogP contribution is 2.26. The van der Waals surface area contributed by atoms with E-state index in [1.165, 1.54) is 6.08 Å². The van der Waals surface area contributed by atoms with Crippen LogP contribution in [0.4, 0.5) is 15.4 Å². The van der Waals surface area contributed by atoms with Gasteiger partial charge in [-0.1, -0.05) is 60.4 Å². The summed E-state index contributed by atoms with van der Waals surface area (Å²) >= 11 is 0. The fourth-order valence-electron chi connectivity index (χ4n) is 3.36. The molecule has 0 saturated carbocycles. The molecule has 3 rings (SSSR count). The number of benzene rings is 2. The molecule has 0 aliphatic heterocycles. The smallest absolute Gasteiger partial charge is 0.425 e. The van der Waals surface area contributed by atoms with Crippen LogP contribution in [0.2, 0.25) is 0 Å². The Bertz CT molecular complexity index is 1450. The number of carbonyl (C=O) groups excluding carboxylic acids is 2. The Balaban J connectivity index is 2.28. The van der Waals surface area contributed by atoms with Crippen molar-refractivity contribution >= 4 is 29.7 Å². The van der Waals surface area contributed by atoms with Gasteiger partial charge in [-0.2, -0.15) is 4.90 Å². The van der Waals surface area contributed by atoms with E-state index in [2.05, 4.69) is 21.8 Å². The molecule has 0 saturated heterocycles. The predicted octanol–water partition coefficient (Wildman–Crippen LogP) is 6.35. The van der Waals surface area contributed by atoms with Crippen LogP contribution in [0.15, 0.2) is 65.5 Å². The maximum atomic E-state index is 13.3. The second kappa shape index (κ2) is 11.8. The Hall–Kier alpha value is -4.64. The zero-order valence-corrected chi connectivity index (χ0v) is 23.3. The molecule has 1 heterocycles. The molecule has 0 bridgehead atoms. The third kappa shape index (κ3) is 8.44. The maximum absolute atomic E-state index is 13.3. The minimum absolute atomic E-state index is 0.0569. The number of rotatable bonds is 3. The van der Waals surface area contributed by atoms with Crippen LogP contribution in [0.5, 0.6) is 0 Å². The lowest BCUT2D eigenvalue weighted by Gasteiger charge is -2.28. The van der Waals surface area contributed by atoms with E-state index in [-0.39, 0.29) is 17.2 Å². The maximum Gasteiger partial charge on any atom is 0.425 e. The van der Waals surface area contributed by atoms with Crippen LogP contribution in [0.1, 0.15) is 64.1 Å². The molecule has 2 aromatic carbocycles. The monoisotopic (exact) mass is 527 g/mol. The first-order chi connectivity index (χ1) is 18.2. The molecule has 0 unspecified atom stereocenters. The van der Waals surface area contributed by atoms with Gasteiger partial charge in [0.15, 0.2) is 5.82 Å². The van der Waals surface area contributed by atoms with Crippen LogP contribution in [0.25, 0.3) is 11.6 Å². The van der Waals surface area contributed by atoms with Crippen LogP contribution in [-0.2, 0) is 9.47 Å². The zero-order valence-electron chi connectivity index (χ0n) is 23.3. The number of anilines is 1. The molecular formula is C31H33N3O5. The van der Waals surface area contributed by atoms with E-state index in [1.807, 2.05) is 60.7 Å². The summed E-state index contributed by atoms with van der Waals surface area (Å²) in [6, 6.07) is 18.6. The highest BCUT2D eigenvalue weighted by molar-refractivity contribution is 6.10. The Morgan fingerprint density at radius 2 is 1.38 bits per heavy atom. The molecule has 39 heavy (non-hydrogen) atoms. The quantitative estimate of drug-likeness (QED) is 0.399. The van der Waals surface area contributed by atoms with E-state index in [0.717, 1.165) is 11.1 Å². The minimum Gasteiger partial charge on any atom is -0.443 e. The lowest BCUT2D eigenvalue weighted by Crippen LogP contribution is -2.45. The third-order valence-corrected chi connectivity index (χ3v) is 4.91. The summed E-state index contributed by atoms with van der Waals surface area (Å²) in [5, 5.41) is 0. The first-order valence-corrected chi connectivity index (χ1v) is 12.4. The van der Waals surface area contributed by atoms with Gasteiger partial charge in [-0.3, -0.25) is 4.79 Å². The Kier molecular flexibility index (Phi) is 8.77. The van der Waals surface area contributed by atoms with Gasteiger partial charge in [-0.05, 0) is 72.2 Å². The van der Waals surface area contributed by atoms with Crippen LogP contribution < -0.4 is 10.5 Å². The van der Waals surface area contributed by atoms with Gasteiger partial charge in [0.25, 0.3) is 5.56 Å². The SMILES string of the molecule is Cc1nc(N(C(=O)OC(C)(C)C)C(=O)OC(C)(C)C)c(/C=C(\C#Cc2ccccc2)c2ccccc2)c(=O)[nH]1. The number of allylic oxidation sites excluding steroid dienone is 1. The number of carbonyl (C=O) groups is 2. The number of ether oxygens (including phenoxy) is 2. The normalized spacial score (nSPS) is 11.7. The van der Waals surface area contributed by atoms with E-state index in [4.69, 9.17) is 9.47 Å². The number of hydrogen-bond acceptors (Lipinski definition) is 6. The lowest BCUT2D eigenvalue weighted by molar-refractivity contribution is 0.0429. The van der Waals surface area contributed by atoms with Gasteiger partial charge in [-0.25, -0.2) is 14.6 Å². The average Bonchev–Trinajstić information content (AvgIpc) is 2.82. The third-order valence-electron chi connectivity index (χ3n) is 4.91. The number of aromatic nitrogens is 2. The van der Waals surface area contributed by atoms with Crippen LogP contribution in [0.3, 0.4) is 0 Å². The second-order valence-electron chi connectivity index (χ2n) is 10.7. The number of nitrogens with zero attached hydrogens (tertiary/aromatic N) is 2. The molecular weight excluding hydrogens is 494 g/mol. The average molecular weight is 528 g/mol. The van der Waals surface area contributed by atoms with E-state index < -0.39 is 28.9 Å². The first-order valence-electron chi connectivity index (χ1n) is 12.4. The molecule has 2 amide bonds. The summed E-state index contributed by atoms with van der Waals surface area (Å²) in [6.07, 6.45) is -0.547. The number of aromatic amines is 1. The molecule has 1 N–H and O–H groups in total. The summed E-state index contributed by atoms with van der Waals surface area (Å²) in [4.78, 5) is 47.6. The molecule has 0 spiro atoms. The van der Waals surface area contributed by atoms with Gasteiger partial charge in [-0.15, -0.1) is 0 Å². The van der Waals surface area contributed by atoms with Crippen molar-refractivity contribution in [2.24, 2.45) is 0 Å². The van der Waals surface area contributed by atoms with Gasteiger partial charge in [0.2, 0.25) is 0 Å². The molecule has 3 aromatic rings. The number of H-pyrrole nitrogens is 1. The Labute approximate surface area is 228 Å². The largest absolute Gasteiger partial charge is 0.443 e. The molecule has 0 atom stereocenters. The number of aryl methyl sites for hydroxylation is 1. The topological polar surface area (TPSA) is 102 Å². The van der Waals surface area contributed by atoms with E-state index >= 15 is 0 Å². The van der Waals surface area contributed by atoms with Gasteiger partial charge in [0.05, 0.1) is 5.56 Å². The number of imide groups is 1. The minimum atomic E-state index is -1.03. The zero-order chi connectivity index (χ0) is 28.8. The lowest BCUT2D eigenvalue weighted by atomic mass is 10.0. The summed E-state index contributed by atoms with van der Waals surface area (Å²) in [6.45, 7) is 11.6. The van der Waals surface area contributed by atoms with Crippen molar-refractivity contribution in [2.75, 3.05) is 4.90 Å². The fraction of sp³-hybridized carbons (Fsp3) is 0.290. The van der Waals surface area contributed by atoms with Crippen LogP contribution in [-0.4, -0.2) is 33.4 Å². The number of nitrogens with one attached hydrogen (secondary N) is 1. The molecule has 8 heteroatoms. The molecule has 0 aliphatic carbocycles. The van der Waals surface area contributed by atoms with Gasteiger partial charge >= 0.3 is 12.2 Å². The summed E-state index contributed by atoms with van der Waals surface area (Å²) in [5.41, 5.74) is -0.499. The summed E-state index contributed by atoms with van der Waals surface area (Å²) < 4.78 is 11.0. The number of amides is 2. The van der Waals surface area contributed by atoms with Crippen molar-refractivity contribution in [3.63, 3.8) is 0 Å². The van der Waals surface area contributed by atoms with Crippen molar-refractivity contribution in [1.82, 2.24) is 9.97 Å². The highest BCUT2D eigenvalue weighted by atomic mass is 16.6. The summed E-state index contributed by atoms with van der Waals surface area (Å²) in [7, 11) is 0. The Morgan fingerprint density at radius 1 is 0.872 bits per heavy atom. The van der Waals surface area contributed by atoms with Crippen molar-refractivity contribution in [3.8, 4) is 11.8 Å². The van der Waals surface area contributed by atoms with Crippen molar-refractivity contribution < 1.29 is 19.1 Å². The second-order valence-corrected chi connectivity index (χ2v) is 10.7. The van der Waals surface area contributed by atoms with E-state index in [0.29, 0.717) is 10.5 Å². The van der Waals surface area contributed by atoms with Crippen molar-refractivity contribution in [1.29, 1.82) is 0 Å². The van der Waals surface area contributed by atoms with E-state index in [9.17, 15) is 14.4 Å². The molecule has 0 fully saturated rings. The van der Waals surface area contributed by atoms with E-state index in [1.54, 1.807) is 48.5 Å². The first kappa shape index (κ1) is 28.9. The Morgan fingerprint density at radius 3 is 1.90 bits per heavy atom. The molecule has 8 nitrogen and oxygen atoms in total. The van der Waals surface area contributed by atoms with Gasteiger partial charge in [0, 0.05) is 11.1 Å². The number of hydrogen-bond donors (Lipinski definition) is 1. The highest BCUT2D eigenvalue weighted by Gasteiger charge is 2.35.